The third kappa shape index (κ3) is 2.99. The fourth-order valence-electron chi connectivity index (χ4n) is 2.67. The summed E-state index contributed by atoms with van der Waals surface area (Å²) in [4.78, 5) is 0.133. The van der Waals surface area contributed by atoms with E-state index in [1.54, 1.807) is 12.1 Å². The van der Waals surface area contributed by atoms with E-state index >= 15 is 0 Å². The summed E-state index contributed by atoms with van der Waals surface area (Å²) in [6, 6.07) is 15.9. The molecule has 0 saturated heterocycles. The van der Waals surface area contributed by atoms with Crippen LogP contribution in [-0.2, 0) is 16.3 Å². The molecule has 0 aliphatic heterocycles. The highest BCUT2D eigenvalue weighted by Crippen LogP contribution is 2.27. The van der Waals surface area contributed by atoms with Crippen molar-refractivity contribution >= 4 is 20.6 Å². The van der Waals surface area contributed by atoms with E-state index in [-0.39, 0.29) is 9.79 Å². The zero-order valence-corrected chi connectivity index (χ0v) is 13.3. The summed E-state index contributed by atoms with van der Waals surface area (Å²) in [5, 5.41) is 1.88. The van der Waals surface area contributed by atoms with E-state index in [1.165, 1.54) is 18.2 Å². The lowest BCUT2D eigenvalue weighted by Crippen LogP contribution is -2.02. The van der Waals surface area contributed by atoms with Crippen LogP contribution in [0.1, 0.15) is 12.0 Å². The van der Waals surface area contributed by atoms with Crippen LogP contribution < -0.4 is 0 Å². The first-order valence-corrected chi connectivity index (χ1v) is 8.82. The summed E-state index contributed by atoms with van der Waals surface area (Å²) < 4.78 is 38.7. The number of hydrogen-bond donors (Lipinski definition) is 0. The summed E-state index contributed by atoms with van der Waals surface area (Å²) in [7, 11) is -3.73. The van der Waals surface area contributed by atoms with Gasteiger partial charge < -0.3 is 0 Å². The fraction of sp³-hybridized carbons (Fsp3) is 0.105. The second kappa shape index (κ2) is 6.13. The lowest BCUT2D eigenvalue weighted by atomic mass is 10.0. The molecule has 1 radical (unpaired) electrons. The second-order valence-corrected chi connectivity index (χ2v) is 7.31. The summed E-state index contributed by atoms with van der Waals surface area (Å²) >= 11 is 0. The molecule has 0 atom stereocenters. The summed E-state index contributed by atoms with van der Waals surface area (Å²) in [6.07, 6.45) is 1.62. The minimum atomic E-state index is -3.73. The largest absolute Gasteiger partial charge is 0.219 e. The average molecular weight is 327 g/mol. The van der Waals surface area contributed by atoms with Gasteiger partial charge in [0.1, 0.15) is 5.82 Å². The van der Waals surface area contributed by atoms with Crippen LogP contribution in [-0.4, -0.2) is 8.42 Å². The maximum atomic E-state index is 13.3. The number of sulfone groups is 1. The van der Waals surface area contributed by atoms with Crippen LogP contribution >= 0.6 is 0 Å². The first-order valence-electron chi connectivity index (χ1n) is 7.34. The third-order valence-corrected chi connectivity index (χ3v) is 5.55. The van der Waals surface area contributed by atoms with Crippen molar-refractivity contribution in [2.45, 2.75) is 22.6 Å². The molecule has 4 heteroatoms. The smallest absolute Gasteiger partial charge is 0.206 e. The Labute approximate surface area is 135 Å². The zero-order chi connectivity index (χ0) is 16.4. The van der Waals surface area contributed by atoms with E-state index in [4.69, 9.17) is 0 Å². The van der Waals surface area contributed by atoms with E-state index in [0.717, 1.165) is 35.2 Å². The molecule has 117 valence electrons. The Balaban J connectivity index is 2.14. The quantitative estimate of drug-likeness (QED) is 0.703. The molecule has 0 N–H and O–H groups in total. The molecular formula is C19H16FO2S. The Hall–Kier alpha value is -2.20. The first kappa shape index (κ1) is 15.7. The second-order valence-electron chi connectivity index (χ2n) is 5.36. The Kier molecular flexibility index (Phi) is 4.18. The van der Waals surface area contributed by atoms with Gasteiger partial charge in [0, 0.05) is 0 Å². The van der Waals surface area contributed by atoms with Crippen molar-refractivity contribution < 1.29 is 12.8 Å². The van der Waals surface area contributed by atoms with Crippen molar-refractivity contribution in [3.05, 3.63) is 79.0 Å². The highest BCUT2D eigenvalue weighted by Gasteiger charge is 2.18. The lowest BCUT2D eigenvalue weighted by molar-refractivity contribution is 0.591. The van der Waals surface area contributed by atoms with E-state index in [0.29, 0.717) is 0 Å². The normalized spacial score (nSPS) is 11.7. The molecule has 3 rings (SSSR count). The molecule has 3 aromatic carbocycles. The van der Waals surface area contributed by atoms with Crippen LogP contribution in [0, 0.1) is 12.7 Å². The fourth-order valence-corrected chi connectivity index (χ4v) is 4.00. The predicted octanol–water partition coefficient (Wildman–Crippen LogP) is 4.58. The number of benzene rings is 3. The van der Waals surface area contributed by atoms with Crippen molar-refractivity contribution in [3.8, 4) is 0 Å². The molecule has 0 spiro atoms. The molecule has 3 aromatic rings. The van der Waals surface area contributed by atoms with Crippen molar-refractivity contribution in [2.75, 3.05) is 0 Å². The summed E-state index contributed by atoms with van der Waals surface area (Å²) in [5.74, 6) is -0.565. The van der Waals surface area contributed by atoms with Gasteiger partial charge in [-0.25, -0.2) is 12.8 Å². The van der Waals surface area contributed by atoms with Gasteiger partial charge in [-0.1, -0.05) is 37.3 Å². The van der Waals surface area contributed by atoms with Gasteiger partial charge in [-0.05, 0) is 59.5 Å². The minimum Gasteiger partial charge on any atom is -0.219 e. The lowest BCUT2D eigenvalue weighted by Gasteiger charge is -2.09. The van der Waals surface area contributed by atoms with Crippen LogP contribution in [0.2, 0.25) is 0 Å². The molecule has 2 nitrogen and oxygen atoms in total. The summed E-state index contributed by atoms with van der Waals surface area (Å²) in [5.41, 5.74) is 1.15. The van der Waals surface area contributed by atoms with Crippen LogP contribution in [0.3, 0.4) is 0 Å². The van der Waals surface area contributed by atoms with Crippen molar-refractivity contribution in [2.24, 2.45) is 0 Å². The number of rotatable bonds is 4. The maximum absolute atomic E-state index is 13.3. The summed E-state index contributed by atoms with van der Waals surface area (Å²) in [6.45, 7) is 3.86. The molecule has 0 unspecified atom stereocenters. The molecule has 0 aromatic heterocycles. The maximum Gasteiger partial charge on any atom is 0.206 e. The van der Waals surface area contributed by atoms with Crippen LogP contribution in [0.25, 0.3) is 10.8 Å². The standard InChI is InChI=1S/C19H16FO2S/c1-2-5-14-6-3-7-15-12-18(10-11-19(14)15)23(21,22)17-9-4-8-16(20)13-17/h3-4,6-13H,1-2,5H2. The first-order chi connectivity index (χ1) is 11.0. The molecule has 0 saturated carbocycles. The Bertz CT molecular complexity index is 962. The van der Waals surface area contributed by atoms with E-state index in [9.17, 15) is 12.8 Å². The molecule has 0 bridgehead atoms. The molecule has 0 aliphatic rings. The van der Waals surface area contributed by atoms with Crippen molar-refractivity contribution in [3.63, 3.8) is 0 Å². The van der Waals surface area contributed by atoms with Crippen molar-refractivity contribution in [1.29, 1.82) is 0 Å². The molecule has 0 heterocycles. The SMILES string of the molecule is [CH2]CCc1cccc2cc(S(=O)(=O)c3cccc(F)c3)ccc12. The van der Waals surface area contributed by atoms with Gasteiger partial charge in [0.25, 0.3) is 0 Å². The predicted molar refractivity (Wildman–Crippen MR) is 89.5 cm³/mol. The topological polar surface area (TPSA) is 34.1 Å². The van der Waals surface area contributed by atoms with Crippen LogP contribution in [0.5, 0.6) is 0 Å². The van der Waals surface area contributed by atoms with Gasteiger partial charge >= 0.3 is 0 Å². The van der Waals surface area contributed by atoms with E-state index < -0.39 is 15.7 Å². The highest BCUT2D eigenvalue weighted by atomic mass is 32.2. The highest BCUT2D eigenvalue weighted by molar-refractivity contribution is 7.91. The van der Waals surface area contributed by atoms with Gasteiger partial charge in [0.15, 0.2) is 0 Å². The van der Waals surface area contributed by atoms with Gasteiger partial charge in [0.05, 0.1) is 9.79 Å². The third-order valence-electron chi connectivity index (χ3n) is 3.80. The molecule has 0 fully saturated rings. The van der Waals surface area contributed by atoms with E-state index in [2.05, 4.69) is 6.92 Å². The Morgan fingerprint density at radius 3 is 2.39 bits per heavy atom. The number of fused-ring (bicyclic) bond motifs is 1. The minimum absolute atomic E-state index is 0.0363. The molecule has 0 amide bonds. The molecule has 23 heavy (non-hydrogen) atoms. The number of halogens is 1. The molecule has 0 aliphatic carbocycles. The van der Waals surface area contributed by atoms with Crippen LogP contribution in [0.15, 0.2) is 70.5 Å². The van der Waals surface area contributed by atoms with Gasteiger partial charge in [0.2, 0.25) is 9.84 Å². The number of hydrogen-bond acceptors (Lipinski definition) is 2. The Morgan fingerprint density at radius 2 is 1.65 bits per heavy atom. The number of aryl methyl sites for hydroxylation is 1. The molecular weight excluding hydrogens is 311 g/mol. The van der Waals surface area contributed by atoms with Crippen LogP contribution in [0.4, 0.5) is 4.39 Å². The van der Waals surface area contributed by atoms with Gasteiger partial charge in [-0.3, -0.25) is 0 Å². The van der Waals surface area contributed by atoms with E-state index in [1.807, 2.05) is 24.3 Å². The van der Waals surface area contributed by atoms with Gasteiger partial charge in [-0.2, -0.15) is 0 Å². The van der Waals surface area contributed by atoms with Crippen molar-refractivity contribution in [1.82, 2.24) is 0 Å². The monoisotopic (exact) mass is 327 g/mol. The average Bonchev–Trinajstić information content (AvgIpc) is 2.55. The zero-order valence-electron chi connectivity index (χ0n) is 12.5. The Morgan fingerprint density at radius 1 is 0.913 bits per heavy atom. The van der Waals surface area contributed by atoms with Gasteiger partial charge in [-0.15, -0.1) is 0 Å².